The molecule has 1 aliphatic rings. The average molecular weight is 245 g/mol. The lowest BCUT2D eigenvalue weighted by molar-refractivity contribution is -0.129. The topological polar surface area (TPSA) is 29.5 Å². The van der Waals surface area contributed by atoms with E-state index in [1.165, 1.54) is 5.56 Å². The normalized spacial score (nSPS) is 16.2. The van der Waals surface area contributed by atoms with Crippen LogP contribution in [0.2, 0.25) is 0 Å². The molecule has 0 radical (unpaired) electrons. The van der Waals surface area contributed by atoms with Gasteiger partial charge in [-0.25, -0.2) is 0 Å². The van der Waals surface area contributed by atoms with Crippen molar-refractivity contribution in [3.63, 3.8) is 0 Å². The molecule has 0 unspecified atom stereocenters. The summed E-state index contributed by atoms with van der Waals surface area (Å²) in [5.74, 6) is 0.0675. The molecule has 96 valence electrons. The summed E-state index contributed by atoms with van der Waals surface area (Å²) in [6.45, 7) is 4.80. The summed E-state index contributed by atoms with van der Waals surface area (Å²) in [7, 11) is 0. The fraction of sp³-hybridized carbons (Fsp3) is 0.400. The number of ether oxygens (including phenoxy) is 1. The first kappa shape index (κ1) is 12.8. The van der Waals surface area contributed by atoms with E-state index in [1.807, 2.05) is 23.1 Å². The van der Waals surface area contributed by atoms with Crippen LogP contribution in [0.3, 0.4) is 0 Å². The average Bonchev–Trinajstić information content (AvgIpc) is 2.46. The maximum Gasteiger partial charge on any atom is 0.246 e. The van der Waals surface area contributed by atoms with Gasteiger partial charge in [0.05, 0.1) is 13.2 Å². The highest BCUT2D eigenvalue weighted by atomic mass is 16.5. The van der Waals surface area contributed by atoms with Crippen molar-refractivity contribution in [3.8, 4) is 0 Å². The van der Waals surface area contributed by atoms with Gasteiger partial charge in [0, 0.05) is 19.2 Å². The molecule has 18 heavy (non-hydrogen) atoms. The second-order valence-corrected chi connectivity index (χ2v) is 4.37. The molecule has 1 fully saturated rings. The van der Waals surface area contributed by atoms with Gasteiger partial charge in [-0.3, -0.25) is 4.79 Å². The lowest BCUT2D eigenvalue weighted by Crippen LogP contribution is -2.39. The Morgan fingerprint density at radius 1 is 1.28 bits per heavy atom. The van der Waals surface area contributed by atoms with Gasteiger partial charge in [0.25, 0.3) is 0 Å². The number of carbonyl (C=O) groups excluding carboxylic acids is 1. The molecule has 1 aromatic rings. The van der Waals surface area contributed by atoms with E-state index in [9.17, 15) is 4.79 Å². The monoisotopic (exact) mass is 245 g/mol. The number of carbonyl (C=O) groups is 1. The van der Waals surface area contributed by atoms with Crippen molar-refractivity contribution in [3.05, 3.63) is 41.5 Å². The standard InChI is InChI=1S/C15H19NO2/c1-2-13-3-5-14(6-4-13)7-8-15(17)16-9-11-18-12-10-16/h3-8H,2,9-12H2,1H3. The lowest BCUT2D eigenvalue weighted by Gasteiger charge is -2.25. The molecule has 0 aromatic heterocycles. The van der Waals surface area contributed by atoms with Crippen LogP contribution in [0.4, 0.5) is 0 Å². The van der Waals surface area contributed by atoms with Crippen molar-refractivity contribution >= 4 is 12.0 Å². The van der Waals surface area contributed by atoms with Crippen LogP contribution in [0, 0.1) is 0 Å². The molecular weight excluding hydrogens is 226 g/mol. The molecule has 1 saturated heterocycles. The lowest BCUT2D eigenvalue weighted by atomic mass is 10.1. The van der Waals surface area contributed by atoms with Crippen molar-refractivity contribution in [1.82, 2.24) is 4.90 Å². The van der Waals surface area contributed by atoms with E-state index in [0.29, 0.717) is 26.3 Å². The quantitative estimate of drug-likeness (QED) is 0.763. The number of hydrogen-bond donors (Lipinski definition) is 0. The fourth-order valence-corrected chi connectivity index (χ4v) is 1.92. The van der Waals surface area contributed by atoms with E-state index < -0.39 is 0 Å². The number of morpholine rings is 1. The van der Waals surface area contributed by atoms with Gasteiger partial charge in [-0.05, 0) is 23.6 Å². The minimum absolute atomic E-state index is 0.0675. The summed E-state index contributed by atoms with van der Waals surface area (Å²) in [5.41, 5.74) is 2.38. The number of amides is 1. The van der Waals surface area contributed by atoms with Gasteiger partial charge in [0.15, 0.2) is 0 Å². The van der Waals surface area contributed by atoms with E-state index in [0.717, 1.165) is 12.0 Å². The summed E-state index contributed by atoms with van der Waals surface area (Å²) >= 11 is 0. The van der Waals surface area contributed by atoms with Crippen LogP contribution in [0.15, 0.2) is 30.3 Å². The molecule has 2 rings (SSSR count). The smallest absolute Gasteiger partial charge is 0.246 e. The maximum atomic E-state index is 11.9. The van der Waals surface area contributed by atoms with Gasteiger partial charge in [-0.1, -0.05) is 31.2 Å². The third-order valence-electron chi connectivity index (χ3n) is 3.13. The Hall–Kier alpha value is -1.61. The van der Waals surface area contributed by atoms with Gasteiger partial charge in [-0.15, -0.1) is 0 Å². The van der Waals surface area contributed by atoms with Crippen LogP contribution < -0.4 is 0 Å². The number of hydrogen-bond acceptors (Lipinski definition) is 2. The summed E-state index contributed by atoms with van der Waals surface area (Å²) in [6.07, 6.45) is 4.56. The Labute approximate surface area is 108 Å². The zero-order chi connectivity index (χ0) is 12.8. The Bertz CT molecular complexity index is 417. The molecule has 3 nitrogen and oxygen atoms in total. The molecule has 3 heteroatoms. The SMILES string of the molecule is CCc1ccc(C=CC(=O)N2CCOCC2)cc1. The molecule has 0 atom stereocenters. The second-order valence-electron chi connectivity index (χ2n) is 4.37. The number of aryl methyl sites for hydroxylation is 1. The summed E-state index contributed by atoms with van der Waals surface area (Å²) in [4.78, 5) is 13.7. The van der Waals surface area contributed by atoms with Crippen molar-refractivity contribution in [1.29, 1.82) is 0 Å². The molecule has 1 amide bonds. The largest absolute Gasteiger partial charge is 0.378 e. The second kappa shape index (κ2) is 6.36. The Balaban J connectivity index is 1.94. The van der Waals surface area contributed by atoms with E-state index >= 15 is 0 Å². The van der Waals surface area contributed by atoms with Gasteiger partial charge in [0.2, 0.25) is 5.91 Å². The molecule has 1 heterocycles. The molecule has 0 saturated carbocycles. The predicted molar refractivity (Wildman–Crippen MR) is 72.3 cm³/mol. The highest BCUT2D eigenvalue weighted by Crippen LogP contribution is 2.07. The van der Waals surface area contributed by atoms with Gasteiger partial charge in [-0.2, -0.15) is 0 Å². The van der Waals surface area contributed by atoms with Crippen molar-refractivity contribution in [2.75, 3.05) is 26.3 Å². The number of nitrogens with zero attached hydrogens (tertiary/aromatic N) is 1. The van der Waals surface area contributed by atoms with Crippen LogP contribution in [0.25, 0.3) is 6.08 Å². The first-order valence-electron chi connectivity index (χ1n) is 6.43. The van der Waals surface area contributed by atoms with Crippen LogP contribution in [-0.4, -0.2) is 37.1 Å². The van der Waals surface area contributed by atoms with Crippen LogP contribution in [-0.2, 0) is 16.0 Å². The zero-order valence-corrected chi connectivity index (χ0v) is 10.8. The van der Waals surface area contributed by atoms with Crippen LogP contribution in [0.5, 0.6) is 0 Å². The number of benzene rings is 1. The Kier molecular flexibility index (Phi) is 4.53. The summed E-state index contributed by atoms with van der Waals surface area (Å²) < 4.78 is 5.22. The van der Waals surface area contributed by atoms with E-state index in [1.54, 1.807) is 6.08 Å². The minimum Gasteiger partial charge on any atom is -0.378 e. The molecule has 0 bridgehead atoms. The predicted octanol–water partition coefficient (Wildman–Crippen LogP) is 2.12. The van der Waals surface area contributed by atoms with Crippen LogP contribution in [0.1, 0.15) is 18.1 Å². The Morgan fingerprint density at radius 3 is 2.56 bits per heavy atom. The zero-order valence-electron chi connectivity index (χ0n) is 10.8. The summed E-state index contributed by atoms with van der Waals surface area (Å²) in [6, 6.07) is 8.28. The first-order chi connectivity index (χ1) is 8.79. The van der Waals surface area contributed by atoms with Crippen molar-refractivity contribution in [2.45, 2.75) is 13.3 Å². The van der Waals surface area contributed by atoms with E-state index in [-0.39, 0.29) is 5.91 Å². The van der Waals surface area contributed by atoms with Crippen LogP contribution >= 0.6 is 0 Å². The van der Waals surface area contributed by atoms with Gasteiger partial charge < -0.3 is 9.64 Å². The van der Waals surface area contributed by atoms with E-state index in [4.69, 9.17) is 4.74 Å². The highest BCUT2D eigenvalue weighted by molar-refractivity contribution is 5.91. The van der Waals surface area contributed by atoms with Crippen molar-refractivity contribution < 1.29 is 9.53 Å². The summed E-state index contributed by atoms with van der Waals surface area (Å²) in [5, 5.41) is 0. The van der Waals surface area contributed by atoms with Crippen molar-refractivity contribution in [2.24, 2.45) is 0 Å². The molecule has 1 aliphatic heterocycles. The Morgan fingerprint density at radius 2 is 1.94 bits per heavy atom. The highest BCUT2D eigenvalue weighted by Gasteiger charge is 2.13. The third-order valence-corrected chi connectivity index (χ3v) is 3.13. The number of rotatable bonds is 3. The molecule has 1 aromatic carbocycles. The van der Waals surface area contributed by atoms with Gasteiger partial charge >= 0.3 is 0 Å². The molecule has 0 N–H and O–H groups in total. The van der Waals surface area contributed by atoms with Gasteiger partial charge in [0.1, 0.15) is 0 Å². The molecular formula is C15H19NO2. The fourth-order valence-electron chi connectivity index (χ4n) is 1.92. The minimum atomic E-state index is 0.0675. The maximum absolute atomic E-state index is 11.9. The third kappa shape index (κ3) is 3.44. The molecule has 0 aliphatic carbocycles. The molecule has 0 spiro atoms. The van der Waals surface area contributed by atoms with E-state index in [2.05, 4.69) is 19.1 Å². The first-order valence-corrected chi connectivity index (χ1v) is 6.43.